The zero-order valence-electron chi connectivity index (χ0n) is 14.9. The van der Waals surface area contributed by atoms with Gasteiger partial charge in [-0.25, -0.2) is 22.0 Å². The lowest BCUT2D eigenvalue weighted by atomic mass is 9.93. The Kier molecular flexibility index (Phi) is 5.53. The van der Waals surface area contributed by atoms with Gasteiger partial charge in [0.1, 0.15) is 5.69 Å². The highest BCUT2D eigenvalue weighted by molar-refractivity contribution is 5.82. The van der Waals surface area contributed by atoms with Gasteiger partial charge in [0.2, 0.25) is 17.6 Å². The van der Waals surface area contributed by atoms with Gasteiger partial charge in [0.25, 0.3) is 0 Å². The van der Waals surface area contributed by atoms with Crippen LogP contribution >= 0.6 is 0 Å². The van der Waals surface area contributed by atoms with Crippen LogP contribution in [0, 0.1) is 29.1 Å². The Morgan fingerprint density at radius 3 is 2.17 bits per heavy atom. The van der Waals surface area contributed by atoms with Crippen LogP contribution in [-0.4, -0.2) is 16.7 Å². The van der Waals surface area contributed by atoms with E-state index in [-0.39, 0.29) is 12.3 Å². The number of anilines is 1. The number of fused-ring (bicyclic) bond motifs is 1. The lowest BCUT2D eigenvalue weighted by Gasteiger charge is -2.32. The molecule has 0 radical (unpaired) electrons. The van der Waals surface area contributed by atoms with E-state index in [4.69, 9.17) is 0 Å². The molecular formula is C19H14F5N3O2. The van der Waals surface area contributed by atoms with Crippen molar-refractivity contribution in [3.8, 4) is 0 Å². The molecule has 10 heteroatoms. The summed E-state index contributed by atoms with van der Waals surface area (Å²) in [6, 6.07) is 6.26. The van der Waals surface area contributed by atoms with Gasteiger partial charge in [-0.1, -0.05) is 24.3 Å². The Bertz CT molecular complexity index is 996. The number of amides is 2. The number of nitrogens with one attached hydrogen (secondary N) is 2. The minimum Gasteiger partial charge on any atom is -0.311 e. The molecule has 2 aromatic rings. The van der Waals surface area contributed by atoms with Crippen LogP contribution in [0.1, 0.15) is 30.5 Å². The van der Waals surface area contributed by atoms with Gasteiger partial charge in [-0.2, -0.15) is 0 Å². The van der Waals surface area contributed by atoms with Crippen LogP contribution < -0.4 is 10.9 Å². The first kappa shape index (κ1) is 20.3. The zero-order valence-corrected chi connectivity index (χ0v) is 14.9. The van der Waals surface area contributed by atoms with Gasteiger partial charge in [0.05, 0.1) is 12.5 Å². The average molecular weight is 411 g/mol. The van der Waals surface area contributed by atoms with Crippen molar-refractivity contribution in [1.29, 1.82) is 0 Å². The molecule has 2 aromatic carbocycles. The minimum atomic E-state index is -2.31. The lowest BCUT2D eigenvalue weighted by molar-refractivity contribution is -0.129. The number of hydrogen-bond acceptors (Lipinski definition) is 3. The summed E-state index contributed by atoms with van der Waals surface area (Å²) in [7, 11) is 0. The Balaban J connectivity index is 1.79. The molecule has 0 saturated carbocycles. The lowest BCUT2D eigenvalue weighted by Crippen LogP contribution is -2.37. The molecule has 2 N–H and O–H groups in total. The first-order chi connectivity index (χ1) is 13.7. The van der Waals surface area contributed by atoms with Crippen LogP contribution in [0.4, 0.5) is 27.6 Å². The fourth-order valence-electron chi connectivity index (χ4n) is 2.99. The highest BCUT2D eigenvalue weighted by Crippen LogP contribution is 2.33. The standard InChI is InChI=1S/C19H14F5N3O2/c1-9(28)27-7-6-10-4-2-3-5-11(10)12(27)8-13(29)25-26-19-17(23)15(21)14(20)16(22)18(19)24/h2-7,12,26H,8H2,1H3,(H,25,29). The predicted molar refractivity (Wildman–Crippen MR) is 93.4 cm³/mol. The van der Waals surface area contributed by atoms with Crippen molar-refractivity contribution < 1.29 is 31.5 Å². The summed E-state index contributed by atoms with van der Waals surface area (Å²) in [6.45, 7) is 1.30. The van der Waals surface area contributed by atoms with E-state index in [1.165, 1.54) is 18.0 Å². The number of halogens is 5. The maximum absolute atomic E-state index is 13.7. The molecule has 5 nitrogen and oxygen atoms in total. The smallest absolute Gasteiger partial charge is 0.240 e. The summed E-state index contributed by atoms with van der Waals surface area (Å²) in [5.41, 5.74) is 3.69. The molecule has 1 heterocycles. The average Bonchev–Trinajstić information content (AvgIpc) is 2.70. The Hall–Kier alpha value is -3.43. The summed E-state index contributed by atoms with van der Waals surface area (Å²) in [5, 5.41) is 0. The number of nitrogens with zero attached hydrogens (tertiary/aromatic N) is 1. The Labute approximate surface area is 161 Å². The summed E-state index contributed by atoms with van der Waals surface area (Å²) < 4.78 is 66.9. The van der Waals surface area contributed by atoms with E-state index in [1.54, 1.807) is 35.8 Å². The van der Waals surface area contributed by atoms with Crippen LogP contribution in [0.2, 0.25) is 0 Å². The Morgan fingerprint density at radius 1 is 0.966 bits per heavy atom. The normalized spacial score (nSPS) is 15.1. The molecular weight excluding hydrogens is 397 g/mol. The van der Waals surface area contributed by atoms with Crippen molar-refractivity contribution in [3.05, 3.63) is 70.7 Å². The van der Waals surface area contributed by atoms with Crippen molar-refractivity contribution in [1.82, 2.24) is 10.3 Å². The predicted octanol–water partition coefficient (Wildman–Crippen LogP) is 3.79. The highest BCUT2D eigenvalue weighted by Gasteiger charge is 2.29. The van der Waals surface area contributed by atoms with Crippen LogP contribution in [0.15, 0.2) is 30.5 Å². The van der Waals surface area contributed by atoms with Crippen molar-refractivity contribution in [2.75, 3.05) is 5.43 Å². The number of carbonyl (C=O) groups excluding carboxylic acids is 2. The van der Waals surface area contributed by atoms with Crippen molar-refractivity contribution in [2.24, 2.45) is 0 Å². The second-order valence-electron chi connectivity index (χ2n) is 6.21. The maximum Gasteiger partial charge on any atom is 0.240 e. The molecule has 29 heavy (non-hydrogen) atoms. The summed E-state index contributed by atoms with van der Waals surface area (Å²) >= 11 is 0. The van der Waals surface area contributed by atoms with E-state index >= 15 is 0 Å². The number of hydrazine groups is 1. The molecule has 0 saturated heterocycles. The maximum atomic E-state index is 13.7. The first-order valence-electron chi connectivity index (χ1n) is 8.34. The quantitative estimate of drug-likeness (QED) is 0.348. The van der Waals surface area contributed by atoms with Gasteiger partial charge in [0.15, 0.2) is 23.3 Å². The monoisotopic (exact) mass is 411 g/mol. The minimum absolute atomic E-state index is 0.330. The van der Waals surface area contributed by atoms with E-state index in [2.05, 4.69) is 0 Å². The van der Waals surface area contributed by atoms with Crippen LogP contribution in [-0.2, 0) is 9.59 Å². The molecule has 1 unspecified atom stereocenters. The van der Waals surface area contributed by atoms with Gasteiger partial charge >= 0.3 is 0 Å². The molecule has 0 spiro atoms. The number of rotatable bonds is 4. The fraction of sp³-hybridized carbons (Fsp3) is 0.158. The summed E-state index contributed by atoms with van der Waals surface area (Å²) in [6.07, 6.45) is 2.86. The number of hydrogen-bond donors (Lipinski definition) is 2. The molecule has 3 rings (SSSR count). The third-order valence-electron chi connectivity index (χ3n) is 4.38. The SMILES string of the molecule is CC(=O)N1C=Cc2ccccc2C1CC(=O)NNc1c(F)c(F)c(F)c(F)c1F. The molecule has 1 aliphatic rings. The second-order valence-corrected chi connectivity index (χ2v) is 6.21. The van der Waals surface area contributed by atoms with E-state index in [0.29, 0.717) is 5.56 Å². The van der Waals surface area contributed by atoms with E-state index in [0.717, 1.165) is 5.56 Å². The van der Waals surface area contributed by atoms with Crippen LogP contribution in [0.3, 0.4) is 0 Å². The third kappa shape index (κ3) is 3.78. The van der Waals surface area contributed by atoms with Gasteiger partial charge in [-0.15, -0.1) is 0 Å². The van der Waals surface area contributed by atoms with E-state index < -0.39 is 46.7 Å². The molecule has 2 amide bonds. The van der Waals surface area contributed by atoms with Crippen LogP contribution in [0.5, 0.6) is 0 Å². The highest BCUT2D eigenvalue weighted by atomic mass is 19.2. The molecule has 0 aliphatic carbocycles. The molecule has 0 aromatic heterocycles. The van der Waals surface area contributed by atoms with E-state index in [1.807, 2.05) is 5.43 Å². The third-order valence-corrected chi connectivity index (χ3v) is 4.38. The summed E-state index contributed by atoms with van der Waals surface area (Å²) in [5.74, 6) is -12.0. The molecule has 0 fully saturated rings. The van der Waals surface area contributed by atoms with Crippen molar-refractivity contribution in [3.63, 3.8) is 0 Å². The second kappa shape index (κ2) is 7.90. The molecule has 1 aliphatic heterocycles. The Morgan fingerprint density at radius 2 is 1.55 bits per heavy atom. The van der Waals surface area contributed by atoms with Gasteiger partial charge in [-0.05, 0) is 17.2 Å². The topological polar surface area (TPSA) is 61.4 Å². The molecule has 1 atom stereocenters. The van der Waals surface area contributed by atoms with Gasteiger partial charge in [-0.3, -0.25) is 20.4 Å². The molecule has 152 valence electrons. The summed E-state index contributed by atoms with van der Waals surface area (Å²) in [4.78, 5) is 25.5. The fourth-order valence-corrected chi connectivity index (χ4v) is 2.99. The largest absolute Gasteiger partial charge is 0.311 e. The molecule has 0 bridgehead atoms. The van der Waals surface area contributed by atoms with Crippen molar-refractivity contribution >= 4 is 23.6 Å². The van der Waals surface area contributed by atoms with Crippen molar-refractivity contribution in [2.45, 2.75) is 19.4 Å². The van der Waals surface area contributed by atoms with Gasteiger partial charge in [0, 0.05) is 13.1 Å². The first-order valence-corrected chi connectivity index (χ1v) is 8.34. The zero-order chi connectivity index (χ0) is 21.3. The van der Waals surface area contributed by atoms with Crippen LogP contribution in [0.25, 0.3) is 6.08 Å². The van der Waals surface area contributed by atoms with Gasteiger partial charge < -0.3 is 4.90 Å². The number of benzene rings is 2. The number of carbonyl (C=O) groups is 2. The van der Waals surface area contributed by atoms with E-state index in [9.17, 15) is 31.5 Å².